The molecule has 0 aromatic carbocycles. The van der Waals surface area contributed by atoms with Crippen LogP contribution in [0.2, 0.25) is 0 Å². The van der Waals surface area contributed by atoms with E-state index in [2.05, 4.69) is 0 Å². The molecule has 5 heteroatoms. The number of nitro groups is 1. The number of ketones is 2. The molecule has 0 aliphatic carbocycles. The molecule has 0 saturated carbocycles. The average molecular weight is 255 g/mol. The van der Waals surface area contributed by atoms with Gasteiger partial charge in [0, 0.05) is 30.1 Å². The quantitative estimate of drug-likeness (QED) is 0.379. The minimum Gasteiger partial charge on any atom is -0.300 e. The lowest BCUT2D eigenvalue weighted by atomic mass is 9.95. The fraction of sp³-hybridized carbons (Fsp3) is 0.692. The van der Waals surface area contributed by atoms with Crippen LogP contribution in [0.1, 0.15) is 47.0 Å². The van der Waals surface area contributed by atoms with Gasteiger partial charge in [-0.3, -0.25) is 19.7 Å². The molecule has 2 atom stereocenters. The predicted molar refractivity (Wildman–Crippen MR) is 68.9 cm³/mol. The number of allylic oxidation sites excluding steroid dienone is 2. The van der Waals surface area contributed by atoms with Crippen molar-refractivity contribution in [1.29, 1.82) is 0 Å². The zero-order valence-corrected chi connectivity index (χ0v) is 11.4. The Morgan fingerprint density at radius 2 is 1.83 bits per heavy atom. The summed E-state index contributed by atoms with van der Waals surface area (Å²) in [6.45, 7) is 6.72. The summed E-state index contributed by atoms with van der Waals surface area (Å²) in [7, 11) is 0. The van der Waals surface area contributed by atoms with Crippen molar-refractivity contribution in [1.82, 2.24) is 0 Å². The normalized spacial score (nSPS) is 13.6. The highest BCUT2D eigenvalue weighted by Crippen LogP contribution is 2.15. The lowest BCUT2D eigenvalue weighted by Gasteiger charge is -2.12. The van der Waals surface area contributed by atoms with Crippen LogP contribution in [0.3, 0.4) is 0 Å². The van der Waals surface area contributed by atoms with Gasteiger partial charge in [-0.2, -0.15) is 0 Å². The summed E-state index contributed by atoms with van der Waals surface area (Å²) >= 11 is 0. The van der Waals surface area contributed by atoms with Crippen molar-refractivity contribution in [2.75, 3.05) is 0 Å². The monoisotopic (exact) mass is 255 g/mol. The van der Waals surface area contributed by atoms with Gasteiger partial charge in [0.15, 0.2) is 5.78 Å². The maximum Gasteiger partial charge on any atom is 0.214 e. The molecule has 0 fully saturated rings. The fourth-order valence-corrected chi connectivity index (χ4v) is 1.59. The number of nitrogens with zero attached hydrogens (tertiary/aromatic N) is 1. The Morgan fingerprint density at radius 1 is 1.28 bits per heavy atom. The maximum absolute atomic E-state index is 11.4. The number of carbonyl (C=O) groups is 2. The summed E-state index contributed by atoms with van der Waals surface area (Å²) in [5.41, 5.74) is 0.884. The maximum atomic E-state index is 11.4. The van der Waals surface area contributed by atoms with Gasteiger partial charge in [0.1, 0.15) is 5.78 Å². The Kier molecular flexibility index (Phi) is 7.08. The van der Waals surface area contributed by atoms with E-state index >= 15 is 0 Å². The number of hydrogen-bond donors (Lipinski definition) is 0. The van der Waals surface area contributed by atoms with Crippen LogP contribution in [0.5, 0.6) is 0 Å². The minimum atomic E-state index is -0.821. The molecule has 0 spiro atoms. The Hall–Kier alpha value is -1.52. The molecule has 0 bridgehead atoms. The molecule has 0 saturated heterocycles. The first-order valence-electron chi connectivity index (χ1n) is 6.05. The average Bonchev–Trinajstić information content (AvgIpc) is 2.21. The number of carbonyl (C=O) groups excluding carboxylic acids is 2. The smallest absolute Gasteiger partial charge is 0.214 e. The summed E-state index contributed by atoms with van der Waals surface area (Å²) in [6, 6.07) is -0.821. The number of Topliss-reactive ketones (excluding diaryl/α,β-unsaturated/α-hetero) is 1. The zero-order chi connectivity index (χ0) is 14.3. The molecular formula is C13H21NO4. The Morgan fingerprint density at radius 3 is 2.22 bits per heavy atom. The van der Waals surface area contributed by atoms with Crippen molar-refractivity contribution in [2.24, 2.45) is 5.92 Å². The molecule has 0 rings (SSSR count). The molecular weight excluding hydrogens is 234 g/mol. The van der Waals surface area contributed by atoms with E-state index in [0.717, 1.165) is 5.57 Å². The largest absolute Gasteiger partial charge is 0.300 e. The highest BCUT2D eigenvalue weighted by molar-refractivity contribution is 5.90. The van der Waals surface area contributed by atoms with E-state index in [9.17, 15) is 19.7 Å². The summed E-state index contributed by atoms with van der Waals surface area (Å²) in [5.74, 6) is -0.492. The van der Waals surface area contributed by atoms with Crippen LogP contribution in [0.25, 0.3) is 0 Å². The molecule has 2 unspecified atom stereocenters. The van der Waals surface area contributed by atoms with E-state index in [-0.39, 0.29) is 36.7 Å². The molecule has 5 nitrogen and oxygen atoms in total. The minimum absolute atomic E-state index is 0.0579. The van der Waals surface area contributed by atoms with Crippen LogP contribution in [-0.4, -0.2) is 22.5 Å². The van der Waals surface area contributed by atoms with E-state index < -0.39 is 11.0 Å². The van der Waals surface area contributed by atoms with Crippen molar-refractivity contribution in [3.05, 3.63) is 21.8 Å². The molecule has 0 aliphatic rings. The Bertz CT molecular complexity index is 356. The predicted octanol–water partition coefficient (Wildman–Crippen LogP) is 2.56. The SMILES string of the molecule is CC(=O)C(C)CC(CCC(=O)C=C(C)C)[N+](=O)[O-]. The van der Waals surface area contributed by atoms with E-state index in [0.29, 0.717) is 0 Å². The third-order valence-corrected chi connectivity index (χ3v) is 2.79. The summed E-state index contributed by atoms with van der Waals surface area (Å²) < 4.78 is 0. The van der Waals surface area contributed by atoms with E-state index in [1.807, 2.05) is 0 Å². The zero-order valence-electron chi connectivity index (χ0n) is 11.4. The second-order valence-corrected chi connectivity index (χ2v) is 4.91. The van der Waals surface area contributed by atoms with Crippen LogP contribution in [-0.2, 0) is 9.59 Å². The first kappa shape index (κ1) is 16.5. The molecule has 0 N–H and O–H groups in total. The molecule has 0 heterocycles. The first-order valence-corrected chi connectivity index (χ1v) is 6.05. The first-order chi connectivity index (χ1) is 8.23. The van der Waals surface area contributed by atoms with Gasteiger partial charge >= 0.3 is 0 Å². The Labute approximate surface area is 107 Å². The van der Waals surface area contributed by atoms with Gasteiger partial charge < -0.3 is 0 Å². The van der Waals surface area contributed by atoms with Crippen molar-refractivity contribution in [2.45, 2.75) is 53.0 Å². The molecule has 0 aliphatic heterocycles. The molecule has 0 amide bonds. The fourth-order valence-electron chi connectivity index (χ4n) is 1.59. The Balaban J connectivity index is 4.38. The summed E-state index contributed by atoms with van der Waals surface area (Å²) in [5, 5.41) is 10.9. The van der Waals surface area contributed by atoms with Gasteiger partial charge in [0.25, 0.3) is 0 Å². The molecule has 102 valence electrons. The number of rotatable bonds is 8. The second-order valence-electron chi connectivity index (χ2n) is 4.91. The second kappa shape index (κ2) is 7.74. The van der Waals surface area contributed by atoms with Gasteiger partial charge in [0.2, 0.25) is 6.04 Å². The van der Waals surface area contributed by atoms with Gasteiger partial charge in [0.05, 0.1) is 0 Å². The van der Waals surface area contributed by atoms with Crippen LogP contribution in [0, 0.1) is 16.0 Å². The van der Waals surface area contributed by atoms with Gasteiger partial charge in [-0.25, -0.2) is 0 Å². The van der Waals surface area contributed by atoms with Crippen LogP contribution >= 0.6 is 0 Å². The van der Waals surface area contributed by atoms with Gasteiger partial charge in [-0.1, -0.05) is 12.5 Å². The summed E-state index contributed by atoms with van der Waals surface area (Å²) in [4.78, 5) is 33.0. The van der Waals surface area contributed by atoms with Crippen LogP contribution < -0.4 is 0 Å². The van der Waals surface area contributed by atoms with Crippen molar-refractivity contribution >= 4 is 11.6 Å². The molecule has 0 aromatic rings. The lowest BCUT2D eigenvalue weighted by molar-refractivity contribution is -0.525. The van der Waals surface area contributed by atoms with Crippen molar-refractivity contribution in [3.8, 4) is 0 Å². The highest BCUT2D eigenvalue weighted by atomic mass is 16.6. The van der Waals surface area contributed by atoms with E-state index in [1.54, 1.807) is 20.8 Å². The molecule has 0 aromatic heterocycles. The lowest BCUT2D eigenvalue weighted by Crippen LogP contribution is -2.25. The molecule has 0 radical (unpaired) electrons. The topological polar surface area (TPSA) is 77.3 Å². The van der Waals surface area contributed by atoms with Gasteiger partial charge in [-0.05, 0) is 26.8 Å². The van der Waals surface area contributed by atoms with Crippen molar-refractivity contribution < 1.29 is 14.5 Å². The van der Waals surface area contributed by atoms with E-state index in [1.165, 1.54) is 13.0 Å². The van der Waals surface area contributed by atoms with Gasteiger partial charge in [-0.15, -0.1) is 0 Å². The van der Waals surface area contributed by atoms with Crippen LogP contribution in [0.15, 0.2) is 11.6 Å². The third kappa shape index (κ3) is 6.93. The third-order valence-electron chi connectivity index (χ3n) is 2.79. The van der Waals surface area contributed by atoms with Crippen molar-refractivity contribution in [3.63, 3.8) is 0 Å². The summed E-state index contributed by atoms with van der Waals surface area (Å²) in [6.07, 6.45) is 2.03. The highest BCUT2D eigenvalue weighted by Gasteiger charge is 2.25. The van der Waals surface area contributed by atoms with E-state index in [4.69, 9.17) is 0 Å². The van der Waals surface area contributed by atoms with Crippen LogP contribution in [0.4, 0.5) is 0 Å². The number of hydrogen-bond acceptors (Lipinski definition) is 4. The standard InChI is InChI=1S/C13H21NO4/c1-9(2)7-13(16)6-5-12(14(17)18)8-10(3)11(4)15/h7,10,12H,5-6,8H2,1-4H3. The molecule has 18 heavy (non-hydrogen) atoms.